The van der Waals surface area contributed by atoms with Crippen molar-refractivity contribution in [1.82, 2.24) is 0 Å². The zero-order chi connectivity index (χ0) is 23.7. The van der Waals surface area contributed by atoms with E-state index in [1.165, 1.54) is 28.7 Å². The average Bonchev–Trinajstić information content (AvgIpc) is 3.29. The van der Waals surface area contributed by atoms with Crippen LogP contribution < -0.4 is 3.27 Å². The minimum Gasteiger partial charge on any atom is -0.147 e. The van der Waals surface area contributed by atoms with E-state index in [0.717, 1.165) is 12.8 Å². The zero-order valence-corrected chi connectivity index (χ0v) is 28.2. The molecular formula is C30H44Cl2SiZr. The van der Waals surface area contributed by atoms with E-state index >= 15 is 0 Å². The van der Waals surface area contributed by atoms with E-state index in [2.05, 4.69) is 107 Å². The molecule has 0 aliphatic heterocycles. The largest absolute Gasteiger partial charge is 0.147 e. The number of fused-ring (bicyclic) bond motifs is 3. The van der Waals surface area contributed by atoms with Gasteiger partial charge in [-0.25, -0.2) is 0 Å². The number of hydrogen-bond acceptors (Lipinski definition) is 0. The normalized spacial score (nSPS) is 15.6. The Labute approximate surface area is 223 Å². The van der Waals surface area contributed by atoms with E-state index < -0.39 is 17.4 Å². The topological polar surface area (TPSA) is 0 Å². The van der Waals surface area contributed by atoms with Crippen molar-refractivity contribution in [1.29, 1.82) is 0 Å². The van der Waals surface area contributed by atoms with Crippen LogP contribution in [0.2, 0.25) is 9.26 Å². The molecule has 186 valence electrons. The van der Waals surface area contributed by atoms with Crippen LogP contribution in [0.5, 0.6) is 0 Å². The van der Waals surface area contributed by atoms with Crippen molar-refractivity contribution < 1.29 is 17.4 Å². The predicted octanol–water partition coefficient (Wildman–Crippen LogP) is 8.28. The van der Waals surface area contributed by atoms with Gasteiger partial charge in [-0.15, -0.1) is 24.8 Å². The van der Waals surface area contributed by atoms with Crippen LogP contribution in [-0.2, 0) is 34.6 Å². The Hall–Kier alpha value is -0.400. The van der Waals surface area contributed by atoms with Crippen molar-refractivity contribution in [3.63, 3.8) is 0 Å². The van der Waals surface area contributed by atoms with Crippen LogP contribution in [0, 0.1) is 0 Å². The number of hydrogen-bond donors (Lipinski definition) is 0. The summed E-state index contributed by atoms with van der Waals surface area (Å²) in [5.74, 6) is 0. The zero-order valence-electron chi connectivity index (χ0n) is 22.7. The standard InChI is InChI=1S/C21H25.C7H9.2CH3.2ClH.H2Si.Zr/c1-20(2,3)16-7-9-18-14(12-16)11-15-13-17(21(4,5)6)8-10-19(15)18;1-2-7-5-3-4-6-7;;;;;;/h7-10,12H,11H2,1-6H3;3,5H,2,4H2,1H3;2*1H3;2*1H;1H2;. The molecule has 2 aliphatic carbocycles. The fourth-order valence-electron chi connectivity index (χ4n) is 6.16. The van der Waals surface area contributed by atoms with Crippen LogP contribution >= 0.6 is 24.8 Å². The first-order valence-corrected chi connectivity index (χ1v) is 25.7. The number of rotatable bonds is 3. The smallest absolute Gasteiger partial charge is 0.147 e. The molecule has 2 aromatic rings. The first-order valence-electron chi connectivity index (χ1n) is 12.4. The van der Waals surface area contributed by atoms with Crippen LogP contribution in [0.15, 0.2) is 51.3 Å². The molecule has 0 N–H and O–H groups in total. The molecule has 0 heterocycles. The van der Waals surface area contributed by atoms with Gasteiger partial charge in [0.1, 0.15) is 0 Å². The minimum absolute atomic E-state index is 0. The van der Waals surface area contributed by atoms with E-state index in [1.807, 2.05) is 3.28 Å². The monoisotopic (exact) mass is 592 g/mol. The van der Waals surface area contributed by atoms with Crippen molar-refractivity contribution in [3.8, 4) is 11.1 Å². The third-order valence-corrected chi connectivity index (χ3v) is 23.9. The molecule has 0 atom stereocenters. The van der Waals surface area contributed by atoms with Crippen LogP contribution in [0.1, 0.15) is 83.6 Å². The van der Waals surface area contributed by atoms with Crippen LogP contribution in [0.4, 0.5) is 0 Å². The maximum atomic E-state index is 2.71. The Kier molecular flexibility index (Phi) is 8.32. The third kappa shape index (κ3) is 4.91. The third-order valence-electron chi connectivity index (χ3n) is 7.93. The molecule has 4 heteroatoms. The van der Waals surface area contributed by atoms with Gasteiger partial charge in [0.05, 0.1) is 0 Å². The van der Waals surface area contributed by atoms with Crippen LogP contribution in [0.25, 0.3) is 11.1 Å². The Morgan fingerprint density at radius 2 is 1.50 bits per heavy atom. The van der Waals surface area contributed by atoms with Crippen molar-refractivity contribution in [2.75, 3.05) is 0 Å². The quantitative estimate of drug-likeness (QED) is 0.268. The van der Waals surface area contributed by atoms with Gasteiger partial charge in [-0.1, -0.05) is 0 Å². The SMILES string of the molecule is CCC1=[C]([Zr]([CH3])([CH3])(=[SiH2])[c]2c(C(C)(C)C)ccc3c2Cc2cc(C(C)(C)C)ccc2-3)CC=C1.Cl.Cl. The molecule has 34 heavy (non-hydrogen) atoms. The Bertz CT molecular complexity index is 1240. The molecule has 0 nitrogen and oxygen atoms in total. The number of halogens is 2. The molecule has 0 saturated heterocycles. The molecule has 2 aromatic carbocycles. The van der Waals surface area contributed by atoms with Crippen molar-refractivity contribution >= 4 is 35.0 Å². The second-order valence-corrected chi connectivity index (χ2v) is 41.7. The summed E-state index contributed by atoms with van der Waals surface area (Å²) in [5, 5.41) is 0. The fraction of sp³-hybridized carbons (Fsp3) is 0.467. The molecule has 0 aromatic heterocycles. The van der Waals surface area contributed by atoms with Gasteiger partial charge in [0.15, 0.2) is 0 Å². The van der Waals surface area contributed by atoms with E-state index in [-0.39, 0.29) is 35.6 Å². The second-order valence-electron chi connectivity index (χ2n) is 13.2. The predicted molar refractivity (Wildman–Crippen MR) is 158 cm³/mol. The summed E-state index contributed by atoms with van der Waals surface area (Å²) < 4.78 is 9.03. The van der Waals surface area contributed by atoms with E-state index in [4.69, 9.17) is 0 Å². The van der Waals surface area contributed by atoms with Gasteiger partial charge >= 0.3 is 200 Å². The molecule has 0 radical (unpaired) electrons. The van der Waals surface area contributed by atoms with Gasteiger partial charge in [0.2, 0.25) is 0 Å². The molecule has 0 bridgehead atoms. The van der Waals surface area contributed by atoms with Gasteiger partial charge in [0, 0.05) is 0 Å². The van der Waals surface area contributed by atoms with Gasteiger partial charge in [-0.2, -0.15) is 0 Å². The molecule has 0 amide bonds. The van der Waals surface area contributed by atoms with Crippen molar-refractivity contribution in [3.05, 3.63) is 73.6 Å². The Morgan fingerprint density at radius 1 is 0.882 bits per heavy atom. The van der Waals surface area contributed by atoms with E-state index in [9.17, 15) is 0 Å². The average molecular weight is 595 g/mol. The molecule has 0 fully saturated rings. The number of allylic oxidation sites excluding steroid dienone is 4. The number of benzene rings is 2. The van der Waals surface area contributed by atoms with Gasteiger partial charge in [-0.3, -0.25) is 0 Å². The summed E-state index contributed by atoms with van der Waals surface area (Å²) in [6.45, 7) is 19.0. The van der Waals surface area contributed by atoms with E-state index in [1.54, 1.807) is 20.0 Å². The Morgan fingerprint density at radius 3 is 2.06 bits per heavy atom. The first kappa shape index (κ1) is 29.8. The second kappa shape index (κ2) is 9.48. The molecule has 0 unspecified atom stereocenters. The van der Waals surface area contributed by atoms with Crippen molar-refractivity contribution in [2.45, 2.75) is 87.8 Å². The summed E-state index contributed by atoms with van der Waals surface area (Å²) in [7, 11) is 0. The molecule has 4 rings (SSSR count). The summed E-state index contributed by atoms with van der Waals surface area (Å²) >= 11 is -3.42. The summed E-state index contributed by atoms with van der Waals surface area (Å²) in [6, 6.07) is 12.2. The summed E-state index contributed by atoms with van der Waals surface area (Å²) in [4.78, 5) is 0. The minimum atomic E-state index is -3.42. The summed E-state index contributed by atoms with van der Waals surface area (Å²) in [5.41, 5.74) is 11.2. The molecular weight excluding hydrogens is 551 g/mol. The van der Waals surface area contributed by atoms with Crippen LogP contribution in [0.3, 0.4) is 0 Å². The maximum absolute atomic E-state index is 3.42. The molecule has 0 saturated carbocycles. The first-order chi connectivity index (χ1) is 14.6. The molecule has 0 spiro atoms. The van der Waals surface area contributed by atoms with Gasteiger partial charge in [0.25, 0.3) is 0 Å². The van der Waals surface area contributed by atoms with Gasteiger partial charge < -0.3 is 0 Å². The van der Waals surface area contributed by atoms with Crippen molar-refractivity contribution in [2.24, 2.45) is 0 Å². The van der Waals surface area contributed by atoms with Crippen LogP contribution in [-0.4, -0.2) is 6.88 Å². The fourth-order valence-corrected chi connectivity index (χ4v) is 22.7. The van der Waals surface area contributed by atoms with Gasteiger partial charge in [-0.05, 0) is 0 Å². The molecule has 2 aliphatic rings. The Balaban J connectivity index is 0.00000204. The maximum Gasteiger partial charge on any atom is -0.147 e. The summed E-state index contributed by atoms with van der Waals surface area (Å²) in [6.07, 6.45) is 8.27. The van der Waals surface area contributed by atoms with E-state index in [0.29, 0.717) is 0 Å².